The summed E-state index contributed by atoms with van der Waals surface area (Å²) in [5.41, 5.74) is 2.89. The Labute approximate surface area is 96.8 Å². The molecule has 1 nitrogen and oxygen atoms in total. The molecule has 0 aliphatic heterocycles. The Morgan fingerprint density at radius 2 is 1.73 bits per heavy atom. The Hall–Kier alpha value is -0.437. The van der Waals surface area contributed by atoms with Gasteiger partial charge in [-0.25, -0.2) is 0 Å². The van der Waals surface area contributed by atoms with E-state index in [9.17, 15) is 0 Å². The van der Waals surface area contributed by atoms with E-state index in [2.05, 4.69) is 61.4 Å². The van der Waals surface area contributed by atoms with E-state index in [-0.39, 0.29) is 0 Å². The van der Waals surface area contributed by atoms with Crippen LogP contribution in [0.1, 0.15) is 12.5 Å². The third-order valence-corrected chi connectivity index (χ3v) is 7.17. The van der Waals surface area contributed by atoms with Gasteiger partial charge in [-0.2, -0.15) is 0 Å². The van der Waals surface area contributed by atoms with E-state index < -0.39 is 13.3 Å². The van der Waals surface area contributed by atoms with E-state index in [4.69, 9.17) is 0 Å². The molecule has 84 valence electrons. The maximum atomic E-state index is 2.47. The molecule has 0 saturated heterocycles. The Morgan fingerprint density at radius 3 is 2.13 bits per heavy atom. The van der Waals surface area contributed by atoms with E-state index in [0.717, 1.165) is 6.42 Å². The van der Waals surface area contributed by atoms with E-state index in [1.807, 2.05) is 0 Å². The quantitative estimate of drug-likeness (QED) is 0.760. The first-order valence-corrected chi connectivity index (χ1v) is 13.0. The summed E-state index contributed by atoms with van der Waals surface area (Å²) in [5.74, 6) is 7.40. The van der Waals surface area contributed by atoms with Gasteiger partial charge in [0.2, 0.25) is 0 Å². The summed E-state index contributed by atoms with van der Waals surface area (Å²) >= 11 is -1.71. The number of hydrogen-bond donors (Lipinski definition) is 0. The summed E-state index contributed by atoms with van der Waals surface area (Å²) in [6, 6.07) is 6.94. The van der Waals surface area contributed by atoms with Crippen LogP contribution in [0.25, 0.3) is 0 Å². The van der Waals surface area contributed by atoms with Gasteiger partial charge in [0.15, 0.2) is 0 Å². The van der Waals surface area contributed by atoms with Crippen LogP contribution in [-0.2, 0) is 6.42 Å². The summed E-state index contributed by atoms with van der Waals surface area (Å²) in [4.78, 5) is 2.19. The number of rotatable bonds is 3. The summed E-state index contributed by atoms with van der Waals surface area (Å²) in [5, 5.41) is 0. The van der Waals surface area contributed by atoms with Crippen molar-refractivity contribution in [3.8, 4) is 0 Å². The van der Waals surface area contributed by atoms with Crippen molar-refractivity contribution in [3.63, 3.8) is 0 Å². The van der Waals surface area contributed by atoms with Gasteiger partial charge in [-0.15, -0.1) is 0 Å². The van der Waals surface area contributed by atoms with Crippen molar-refractivity contribution in [3.05, 3.63) is 23.8 Å². The van der Waals surface area contributed by atoms with Crippen molar-refractivity contribution in [2.24, 2.45) is 0 Å². The Balaban J connectivity index is 3.26. The molecule has 0 heterocycles. The Bertz CT molecular complexity index is 337. The van der Waals surface area contributed by atoms with Gasteiger partial charge in [0.05, 0.1) is 0 Å². The molecule has 1 aromatic carbocycles. The molecule has 0 saturated carbocycles. The molecule has 0 bridgehead atoms. The molecule has 0 atom stereocenters. The van der Waals surface area contributed by atoms with Gasteiger partial charge in [0.25, 0.3) is 0 Å². The molecule has 0 amide bonds. The van der Waals surface area contributed by atoms with E-state index >= 15 is 0 Å². The normalized spacial score (nSPS) is 11.6. The second kappa shape index (κ2) is 4.60. The third kappa shape index (κ3) is 3.01. The second-order valence-electron chi connectivity index (χ2n) is 5.34. The first-order chi connectivity index (χ1) is 6.86. The molecule has 0 aliphatic carbocycles. The van der Waals surface area contributed by atoms with Crippen molar-refractivity contribution in [2.75, 3.05) is 19.0 Å². The molecule has 0 N–H and O–H groups in total. The predicted molar refractivity (Wildman–Crippen MR) is 73.1 cm³/mol. The van der Waals surface area contributed by atoms with E-state index in [1.54, 1.807) is 9.96 Å². The first kappa shape index (κ1) is 12.6. The van der Waals surface area contributed by atoms with E-state index in [1.165, 1.54) is 5.69 Å². The van der Waals surface area contributed by atoms with Crippen molar-refractivity contribution in [1.82, 2.24) is 0 Å². The minimum atomic E-state index is -1.71. The third-order valence-electron chi connectivity index (χ3n) is 2.80. The fourth-order valence-corrected chi connectivity index (χ4v) is 5.63. The molecule has 1 rings (SSSR count). The Kier molecular flexibility index (Phi) is 3.88. The number of nitrogens with zero attached hydrogens (tertiary/aromatic N) is 1. The van der Waals surface area contributed by atoms with Crippen LogP contribution in [-0.4, -0.2) is 27.4 Å². The van der Waals surface area contributed by atoms with Crippen LogP contribution in [0.3, 0.4) is 0 Å². The van der Waals surface area contributed by atoms with Gasteiger partial charge in [0, 0.05) is 0 Å². The van der Waals surface area contributed by atoms with Crippen LogP contribution in [0.2, 0.25) is 17.3 Å². The average molecular weight is 266 g/mol. The van der Waals surface area contributed by atoms with Crippen LogP contribution >= 0.6 is 0 Å². The van der Waals surface area contributed by atoms with Crippen LogP contribution in [0.15, 0.2) is 18.2 Å². The zero-order valence-corrected chi connectivity index (χ0v) is 13.0. The van der Waals surface area contributed by atoms with E-state index in [0.29, 0.717) is 0 Å². The van der Waals surface area contributed by atoms with Crippen molar-refractivity contribution < 1.29 is 0 Å². The number of anilines is 1. The van der Waals surface area contributed by atoms with Gasteiger partial charge in [-0.3, -0.25) is 0 Å². The average Bonchev–Trinajstić information content (AvgIpc) is 2.15. The monoisotopic (exact) mass is 267 g/mol. The van der Waals surface area contributed by atoms with Crippen LogP contribution in [0.5, 0.6) is 0 Å². The van der Waals surface area contributed by atoms with Gasteiger partial charge in [-0.1, -0.05) is 0 Å². The van der Waals surface area contributed by atoms with Gasteiger partial charge >= 0.3 is 96.7 Å². The van der Waals surface area contributed by atoms with Gasteiger partial charge in [-0.05, 0) is 0 Å². The molecule has 0 spiro atoms. The zero-order chi connectivity index (χ0) is 11.6. The summed E-state index contributed by atoms with van der Waals surface area (Å²) < 4.78 is 1.66. The fourth-order valence-electron chi connectivity index (χ4n) is 1.85. The van der Waals surface area contributed by atoms with Crippen molar-refractivity contribution in [1.29, 1.82) is 0 Å². The van der Waals surface area contributed by atoms with Crippen LogP contribution in [0, 0.1) is 0 Å². The molecule has 0 unspecified atom stereocenters. The van der Waals surface area contributed by atoms with Crippen LogP contribution in [0.4, 0.5) is 5.69 Å². The summed E-state index contributed by atoms with van der Waals surface area (Å²) in [6.07, 6.45) is 1.16. The molecule has 0 fully saturated rings. The molecule has 1 aromatic rings. The fraction of sp³-hybridized carbons (Fsp3) is 0.538. The minimum absolute atomic E-state index is 1.16. The summed E-state index contributed by atoms with van der Waals surface area (Å²) in [7, 11) is 4.22. The molecule has 0 radical (unpaired) electrons. The maximum absolute atomic E-state index is 2.47. The van der Waals surface area contributed by atoms with Crippen molar-refractivity contribution >= 4 is 23.3 Å². The number of benzene rings is 1. The number of aryl methyl sites for hydroxylation is 1. The van der Waals surface area contributed by atoms with Gasteiger partial charge in [0.1, 0.15) is 0 Å². The Morgan fingerprint density at radius 1 is 1.13 bits per heavy atom. The predicted octanol–water partition coefficient (Wildman–Crippen LogP) is 2.86. The standard InChI is InChI=1S/C13H23GeN/c1-7-11-8-9-12(15(5)6)10-13(11)14(2,3)4/h8-10H,7H2,1-6H3. The number of hydrogen-bond acceptors (Lipinski definition) is 1. The van der Waals surface area contributed by atoms with Gasteiger partial charge < -0.3 is 0 Å². The summed E-state index contributed by atoms with van der Waals surface area (Å²) in [6.45, 7) is 2.25. The molecule has 2 heteroatoms. The van der Waals surface area contributed by atoms with Crippen LogP contribution < -0.4 is 9.30 Å². The topological polar surface area (TPSA) is 3.24 Å². The second-order valence-corrected chi connectivity index (χ2v) is 15.9. The molecule has 0 aromatic heterocycles. The zero-order valence-electron chi connectivity index (χ0n) is 10.9. The molecule has 15 heavy (non-hydrogen) atoms. The molecule has 0 aliphatic rings. The SMILES string of the molecule is CCc1ccc(N(C)C)c[c]1[Ge]([CH3])([CH3])[CH3]. The van der Waals surface area contributed by atoms with Crippen molar-refractivity contribution in [2.45, 2.75) is 30.6 Å². The molecular weight excluding hydrogens is 243 g/mol. The first-order valence-electron chi connectivity index (χ1n) is 5.67. The molecular formula is C13H23GeN.